The molecule has 2 aliphatic heterocycles. The van der Waals surface area contributed by atoms with Crippen LogP contribution >= 0.6 is 0 Å². The Kier molecular flexibility index (Phi) is 5.93. The minimum Gasteiger partial charge on any atom is -0.497 e. The van der Waals surface area contributed by atoms with Crippen molar-refractivity contribution in [3.8, 4) is 17.0 Å². The molecule has 3 aromatic carbocycles. The second-order valence-corrected chi connectivity index (χ2v) is 9.49. The molecule has 0 saturated carbocycles. The molecular formula is C30H29N3O4. The lowest BCUT2D eigenvalue weighted by atomic mass is 9.93. The number of aryl methyl sites for hydroxylation is 1. The molecule has 0 unspecified atom stereocenters. The van der Waals surface area contributed by atoms with Crippen LogP contribution in [0, 0.1) is 0 Å². The van der Waals surface area contributed by atoms with Crippen LogP contribution in [0.15, 0.2) is 72.8 Å². The summed E-state index contributed by atoms with van der Waals surface area (Å²) in [6.07, 6.45) is 0. The van der Waals surface area contributed by atoms with E-state index >= 15 is 0 Å². The summed E-state index contributed by atoms with van der Waals surface area (Å²) in [5.41, 5.74) is 5.63. The van der Waals surface area contributed by atoms with Gasteiger partial charge < -0.3 is 23.8 Å². The van der Waals surface area contributed by atoms with Crippen molar-refractivity contribution in [1.29, 1.82) is 0 Å². The van der Waals surface area contributed by atoms with Gasteiger partial charge in [-0.2, -0.15) is 0 Å². The van der Waals surface area contributed by atoms with Crippen LogP contribution in [0.3, 0.4) is 0 Å². The number of ether oxygens (including phenoxy) is 2. The van der Waals surface area contributed by atoms with E-state index in [4.69, 9.17) is 9.47 Å². The summed E-state index contributed by atoms with van der Waals surface area (Å²) in [5, 5.41) is 1.06. The molecular weight excluding hydrogens is 466 g/mol. The molecule has 0 spiro atoms. The van der Waals surface area contributed by atoms with Gasteiger partial charge in [0.25, 0.3) is 5.91 Å². The van der Waals surface area contributed by atoms with Gasteiger partial charge in [-0.3, -0.25) is 9.59 Å². The highest BCUT2D eigenvalue weighted by Crippen LogP contribution is 2.46. The molecule has 37 heavy (non-hydrogen) atoms. The summed E-state index contributed by atoms with van der Waals surface area (Å²) < 4.78 is 13.1. The number of benzene rings is 3. The molecule has 1 atom stereocenters. The number of amides is 2. The van der Waals surface area contributed by atoms with E-state index in [1.807, 2.05) is 61.6 Å². The molecule has 2 amide bonds. The lowest BCUT2D eigenvalue weighted by Gasteiger charge is -2.31. The Morgan fingerprint density at radius 3 is 2.57 bits per heavy atom. The van der Waals surface area contributed by atoms with E-state index < -0.39 is 6.04 Å². The summed E-state index contributed by atoms with van der Waals surface area (Å²) in [7, 11) is 3.71. The van der Waals surface area contributed by atoms with Gasteiger partial charge in [-0.15, -0.1) is 0 Å². The predicted molar refractivity (Wildman–Crippen MR) is 142 cm³/mol. The molecule has 3 heterocycles. The lowest BCUT2D eigenvalue weighted by Crippen LogP contribution is -2.46. The summed E-state index contributed by atoms with van der Waals surface area (Å²) in [4.78, 5) is 30.7. The average Bonchev–Trinajstić information content (AvgIpc) is 3.39. The van der Waals surface area contributed by atoms with E-state index in [-0.39, 0.29) is 18.4 Å². The molecule has 1 fully saturated rings. The summed E-state index contributed by atoms with van der Waals surface area (Å²) in [6.45, 7) is 2.14. The van der Waals surface area contributed by atoms with E-state index in [2.05, 4.69) is 22.8 Å². The van der Waals surface area contributed by atoms with Gasteiger partial charge in [0.15, 0.2) is 0 Å². The van der Waals surface area contributed by atoms with E-state index in [0.717, 1.165) is 39.0 Å². The van der Waals surface area contributed by atoms with Crippen LogP contribution in [-0.4, -0.2) is 66.1 Å². The number of carbonyl (C=O) groups is 2. The monoisotopic (exact) mass is 495 g/mol. The van der Waals surface area contributed by atoms with Crippen molar-refractivity contribution < 1.29 is 19.1 Å². The van der Waals surface area contributed by atoms with E-state index in [1.165, 1.54) is 0 Å². The molecule has 188 valence electrons. The van der Waals surface area contributed by atoms with Crippen molar-refractivity contribution in [3.05, 3.63) is 89.5 Å². The lowest BCUT2D eigenvalue weighted by molar-refractivity contribution is -0.136. The van der Waals surface area contributed by atoms with Gasteiger partial charge in [-0.05, 0) is 29.8 Å². The number of hydrogen-bond donors (Lipinski definition) is 0. The van der Waals surface area contributed by atoms with Crippen LogP contribution in [0.1, 0.15) is 27.5 Å². The predicted octanol–water partition coefficient (Wildman–Crippen LogP) is 4.26. The number of nitrogens with zero attached hydrogens (tertiary/aromatic N) is 3. The molecule has 1 aromatic heterocycles. The van der Waals surface area contributed by atoms with Gasteiger partial charge in [-0.25, -0.2) is 0 Å². The average molecular weight is 496 g/mol. The maximum absolute atomic E-state index is 13.8. The third-order valence-electron chi connectivity index (χ3n) is 7.49. The Bertz CT molecular complexity index is 1500. The highest BCUT2D eigenvalue weighted by molar-refractivity contribution is 6.03. The topological polar surface area (TPSA) is 64.0 Å². The number of para-hydroxylation sites is 1. The second-order valence-electron chi connectivity index (χ2n) is 9.49. The summed E-state index contributed by atoms with van der Waals surface area (Å²) >= 11 is 0. The SMILES string of the molecule is COc1cccc(-c2c([C@H]3c4ccccc4C(=O)N3CC(=O)N3CCOCC3)c3ccccc3n2C)c1. The van der Waals surface area contributed by atoms with Crippen LogP contribution < -0.4 is 4.74 Å². The first-order valence-corrected chi connectivity index (χ1v) is 12.6. The van der Waals surface area contributed by atoms with Gasteiger partial charge >= 0.3 is 0 Å². The Labute approximate surface area is 215 Å². The van der Waals surface area contributed by atoms with E-state index in [0.29, 0.717) is 31.9 Å². The number of hydrogen-bond acceptors (Lipinski definition) is 4. The number of methoxy groups -OCH3 is 1. The first kappa shape index (κ1) is 23.3. The normalized spacial score (nSPS) is 17.4. The molecule has 0 N–H and O–H groups in total. The Morgan fingerprint density at radius 1 is 1.00 bits per heavy atom. The zero-order chi connectivity index (χ0) is 25.5. The van der Waals surface area contributed by atoms with Crippen LogP contribution in [0.25, 0.3) is 22.2 Å². The van der Waals surface area contributed by atoms with Gasteiger partial charge in [0.2, 0.25) is 5.91 Å². The molecule has 2 aliphatic rings. The molecule has 4 aromatic rings. The number of rotatable bonds is 5. The molecule has 0 aliphatic carbocycles. The molecule has 0 radical (unpaired) electrons. The van der Waals surface area contributed by atoms with Crippen LogP contribution in [0.5, 0.6) is 5.75 Å². The van der Waals surface area contributed by atoms with E-state index in [9.17, 15) is 9.59 Å². The van der Waals surface area contributed by atoms with Gasteiger partial charge in [-0.1, -0.05) is 48.5 Å². The molecule has 6 rings (SSSR count). The van der Waals surface area contributed by atoms with Crippen molar-refractivity contribution in [2.45, 2.75) is 6.04 Å². The first-order valence-electron chi connectivity index (χ1n) is 12.6. The minimum atomic E-state index is -0.402. The maximum Gasteiger partial charge on any atom is 0.255 e. The van der Waals surface area contributed by atoms with E-state index in [1.54, 1.807) is 16.9 Å². The summed E-state index contributed by atoms with van der Waals surface area (Å²) in [5.74, 6) is 0.584. The molecule has 1 saturated heterocycles. The number of fused-ring (bicyclic) bond motifs is 2. The Morgan fingerprint density at radius 2 is 1.76 bits per heavy atom. The largest absolute Gasteiger partial charge is 0.497 e. The zero-order valence-electron chi connectivity index (χ0n) is 21.0. The molecule has 7 nitrogen and oxygen atoms in total. The fourth-order valence-electron chi connectivity index (χ4n) is 5.72. The quantitative estimate of drug-likeness (QED) is 0.415. The standard InChI is InChI=1S/C30H29N3O4/c1-31-25-13-6-5-12-24(25)27(28(31)20-8-7-9-21(18-20)36-2)29-22-10-3-4-11-23(22)30(35)33(29)19-26(34)32-14-16-37-17-15-32/h3-13,18,29H,14-17,19H2,1-2H3/t29-/m1/s1. The number of aromatic nitrogens is 1. The number of morpholine rings is 1. The first-order chi connectivity index (χ1) is 18.1. The van der Waals surface area contributed by atoms with Crippen LogP contribution in [0.4, 0.5) is 0 Å². The fourth-order valence-corrected chi connectivity index (χ4v) is 5.72. The minimum absolute atomic E-state index is 0.0128. The van der Waals surface area contributed by atoms with Crippen molar-refractivity contribution in [1.82, 2.24) is 14.4 Å². The van der Waals surface area contributed by atoms with Crippen molar-refractivity contribution in [3.63, 3.8) is 0 Å². The van der Waals surface area contributed by atoms with Gasteiger partial charge in [0, 0.05) is 47.7 Å². The Hall–Kier alpha value is -4.10. The highest BCUT2D eigenvalue weighted by atomic mass is 16.5. The zero-order valence-corrected chi connectivity index (χ0v) is 21.0. The van der Waals surface area contributed by atoms with Gasteiger partial charge in [0.1, 0.15) is 12.3 Å². The third-order valence-corrected chi connectivity index (χ3v) is 7.49. The van der Waals surface area contributed by atoms with Crippen molar-refractivity contribution in [2.24, 2.45) is 7.05 Å². The highest BCUT2D eigenvalue weighted by Gasteiger charge is 2.42. The smallest absolute Gasteiger partial charge is 0.255 e. The van der Waals surface area contributed by atoms with Crippen molar-refractivity contribution in [2.75, 3.05) is 40.0 Å². The van der Waals surface area contributed by atoms with Crippen LogP contribution in [-0.2, 0) is 16.6 Å². The molecule has 7 heteroatoms. The van der Waals surface area contributed by atoms with Gasteiger partial charge in [0.05, 0.1) is 32.1 Å². The molecule has 0 bridgehead atoms. The second kappa shape index (κ2) is 9.41. The third kappa shape index (κ3) is 3.86. The maximum atomic E-state index is 13.8. The number of carbonyl (C=O) groups excluding carboxylic acids is 2. The van der Waals surface area contributed by atoms with Crippen LogP contribution in [0.2, 0.25) is 0 Å². The fraction of sp³-hybridized carbons (Fsp3) is 0.267. The summed E-state index contributed by atoms with van der Waals surface area (Å²) in [6, 6.07) is 23.5. The van der Waals surface area contributed by atoms with Crippen molar-refractivity contribution >= 4 is 22.7 Å². The Balaban J connectivity index is 1.55.